The van der Waals surface area contributed by atoms with E-state index in [2.05, 4.69) is 20.5 Å². The van der Waals surface area contributed by atoms with Crippen LogP contribution in [0, 0.1) is 13.8 Å². The average molecular weight is 524 g/mol. The molecule has 4 aromatic heterocycles. The predicted molar refractivity (Wildman–Crippen MR) is 125 cm³/mol. The van der Waals surface area contributed by atoms with E-state index in [9.17, 15) is 27.2 Å². The van der Waals surface area contributed by atoms with Crippen LogP contribution in [0.4, 0.5) is 23.2 Å². The molecule has 4 heterocycles. The van der Waals surface area contributed by atoms with Crippen LogP contribution in [0.5, 0.6) is 0 Å². The minimum atomic E-state index is -2.89. The molecule has 36 heavy (non-hydrogen) atoms. The number of amides is 2. The Balaban J connectivity index is 1.85. The van der Waals surface area contributed by atoms with E-state index in [4.69, 9.17) is 5.73 Å². The summed E-state index contributed by atoms with van der Waals surface area (Å²) in [5.41, 5.74) is 6.37. The molecule has 0 aliphatic carbocycles. The first-order chi connectivity index (χ1) is 17.0. The number of hydrogen-bond donors (Lipinski definition) is 2. The maximum atomic E-state index is 13.7. The summed E-state index contributed by atoms with van der Waals surface area (Å²) < 4.78 is 56.1. The molecule has 9 nitrogen and oxygen atoms in total. The van der Waals surface area contributed by atoms with Crippen molar-refractivity contribution < 1.29 is 27.2 Å². The number of pyridine rings is 1. The van der Waals surface area contributed by atoms with Gasteiger partial charge in [0.15, 0.2) is 0 Å². The fourth-order valence-corrected chi connectivity index (χ4v) is 4.90. The quantitative estimate of drug-likeness (QED) is 0.327. The van der Waals surface area contributed by atoms with E-state index in [1.165, 1.54) is 19.2 Å². The minimum Gasteiger partial charge on any atom is -0.365 e. The highest BCUT2D eigenvalue weighted by atomic mass is 32.1. The number of alkyl halides is 4. The Bertz CT molecular complexity index is 1470. The maximum Gasteiger partial charge on any atom is 0.282 e. The number of hydrogen-bond acceptors (Lipinski definition) is 6. The molecule has 0 bridgehead atoms. The number of nitrogens with zero attached hydrogens (tertiary/aromatic N) is 5. The molecule has 0 aliphatic heterocycles. The summed E-state index contributed by atoms with van der Waals surface area (Å²) in [6.07, 6.45) is -4.19. The third kappa shape index (κ3) is 4.55. The number of aryl methyl sites for hydroxylation is 2. The summed E-state index contributed by atoms with van der Waals surface area (Å²) in [7, 11) is 0. The van der Waals surface area contributed by atoms with Crippen molar-refractivity contribution in [2.24, 2.45) is 5.73 Å². The molecular weight excluding hydrogens is 502 g/mol. The third-order valence-corrected chi connectivity index (χ3v) is 6.70. The number of nitrogens with one attached hydrogen (secondary N) is 1. The molecule has 3 N–H and O–H groups in total. The van der Waals surface area contributed by atoms with Crippen LogP contribution >= 0.6 is 11.3 Å². The predicted octanol–water partition coefficient (Wildman–Crippen LogP) is 4.61. The van der Waals surface area contributed by atoms with E-state index in [1.54, 1.807) is 11.6 Å². The van der Waals surface area contributed by atoms with E-state index in [1.807, 2.05) is 6.92 Å². The molecule has 0 radical (unpaired) electrons. The highest BCUT2D eigenvalue weighted by Crippen LogP contribution is 2.43. The highest BCUT2D eigenvalue weighted by molar-refractivity contribution is 7.21. The van der Waals surface area contributed by atoms with Crippen LogP contribution in [0.15, 0.2) is 18.3 Å². The van der Waals surface area contributed by atoms with E-state index in [0.29, 0.717) is 29.1 Å². The number of anilines is 1. The molecular formula is C22H21F4N7O2S. The number of rotatable bonds is 8. The number of halogens is 4. The Morgan fingerprint density at radius 2 is 1.78 bits per heavy atom. The molecule has 2 amide bonds. The van der Waals surface area contributed by atoms with E-state index in [-0.39, 0.29) is 20.8 Å². The minimum absolute atomic E-state index is 0.00152. The lowest BCUT2D eigenvalue weighted by atomic mass is 10.0. The van der Waals surface area contributed by atoms with Crippen molar-refractivity contribution in [1.29, 1.82) is 0 Å². The summed E-state index contributed by atoms with van der Waals surface area (Å²) in [5, 5.41) is 10.8. The first-order valence-corrected chi connectivity index (χ1v) is 11.5. The van der Waals surface area contributed by atoms with Crippen molar-refractivity contribution in [3.63, 3.8) is 0 Å². The third-order valence-electron chi connectivity index (χ3n) is 5.60. The van der Waals surface area contributed by atoms with E-state index >= 15 is 0 Å². The van der Waals surface area contributed by atoms with Gasteiger partial charge in [0.05, 0.1) is 11.9 Å². The Kier molecular flexibility index (Phi) is 6.80. The van der Waals surface area contributed by atoms with Gasteiger partial charge in [-0.15, -0.1) is 11.3 Å². The van der Waals surface area contributed by atoms with Crippen LogP contribution in [-0.2, 0) is 17.9 Å². The molecule has 4 rings (SSSR count). The van der Waals surface area contributed by atoms with E-state index < -0.39 is 42.6 Å². The van der Waals surface area contributed by atoms with Gasteiger partial charge in [-0.2, -0.15) is 10.2 Å². The smallest absolute Gasteiger partial charge is 0.282 e. The number of primary amides is 1. The van der Waals surface area contributed by atoms with Crippen molar-refractivity contribution in [2.75, 3.05) is 5.32 Å². The van der Waals surface area contributed by atoms with Gasteiger partial charge in [0, 0.05) is 28.9 Å². The highest BCUT2D eigenvalue weighted by Gasteiger charge is 2.26. The summed E-state index contributed by atoms with van der Waals surface area (Å²) in [4.78, 5) is 29.1. The van der Waals surface area contributed by atoms with Gasteiger partial charge in [0.1, 0.15) is 27.6 Å². The molecule has 0 saturated carbocycles. The Morgan fingerprint density at radius 3 is 2.33 bits per heavy atom. The molecule has 190 valence electrons. The monoisotopic (exact) mass is 523 g/mol. The molecule has 0 fully saturated rings. The summed E-state index contributed by atoms with van der Waals surface area (Å²) >= 11 is 0.768. The van der Waals surface area contributed by atoms with Gasteiger partial charge in [-0.1, -0.05) is 0 Å². The molecule has 0 aliphatic rings. The molecule has 4 aromatic rings. The van der Waals surface area contributed by atoms with Gasteiger partial charge in [-0.05, 0) is 38.5 Å². The van der Waals surface area contributed by atoms with Gasteiger partial charge in [0.2, 0.25) is 5.91 Å². The maximum absolute atomic E-state index is 13.7. The summed E-state index contributed by atoms with van der Waals surface area (Å²) in [6.45, 7) is 5.25. The van der Waals surface area contributed by atoms with Crippen LogP contribution in [0.1, 0.15) is 52.2 Å². The van der Waals surface area contributed by atoms with Crippen molar-refractivity contribution in [3.05, 3.63) is 46.0 Å². The zero-order chi connectivity index (χ0) is 26.3. The lowest BCUT2D eigenvalue weighted by molar-refractivity contribution is -0.116. The number of thiophene rings is 1. The molecule has 14 heteroatoms. The van der Waals surface area contributed by atoms with Gasteiger partial charge in [0.25, 0.3) is 18.8 Å². The second-order valence-electron chi connectivity index (χ2n) is 7.92. The van der Waals surface area contributed by atoms with Crippen LogP contribution in [-0.4, -0.2) is 36.4 Å². The first-order valence-electron chi connectivity index (χ1n) is 10.7. The fraction of sp³-hybridized carbons (Fsp3) is 0.318. The summed E-state index contributed by atoms with van der Waals surface area (Å²) in [5.74, 6) is -1.58. The van der Waals surface area contributed by atoms with Crippen molar-refractivity contribution in [1.82, 2.24) is 24.5 Å². The van der Waals surface area contributed by atoms with Crippen LogP contribution in [0.2, 0.25) is 0 Å². The Hall–Kier alpha value is -3.81. The molecule has 0 atom stereocenters. The topological polar surface area (TPSA) is 121 Å². The Labute approximate surface area is 205 Å². The number of carbonyl (C=O) groups excluding carboxylic acids is 2. The number of nitrogens with two attached hydrogens (primary N) is 1. The standard InChI is InChI=1S/C22H21F4N7O2S/c1-4-32-10(3)12(7-28-32)11-6-13(19(23)24)29-22-16(11)17(18(36-22)21(27)35)30-15(34)8-33-9(2)5-14(31-33)20(25)26/h5-7,19-20H,4,8H2,1-3H3,(H2,27,35)(H,30,34). The van der Waals surface area contributed by atoms with Crippen molar-refractivity contribution in [2.45, 2.75) is 46.7 Å². The van der Waals surface area contributed by atoms with Gasteiger partial charge >= 0.3 is 0 Å². The van der Waals surface area contributed by atoms with Crippen LogP contribution in [0.3, 0.4) is 0 Å². The molecule has 0 aromatic carbocycles. The lowest BCUT2D eigenvalue weighted by Crippen LogP contribution is -2.22. The van der Waals surface area contributed by atoms with Crippen molar-refractivity contribution >= 4 is 39.1 Å². The summed E-state index contributed by atoms with van der Waals surface area (Å²) in [6, 6.07) is 2.35. The first kappa shape index (κ1) is 25.3. The number of aromatic nitrogens is 5. The van der Waals surface area contributed by atoms with Gasteiger partial charge < -0.3 is 11.1 Å². The molecule has 0 unspecified atom stereocenters. The zero-order valence-corrected chi connectivity index (χ0v) is 20.2. The zero-order valence-electron chi connectivity index (χ0n) is 19.4. The lowest BCUT2D eigenvalue weighted by Gasteiger charge is -2.11. The van der Waals surface area contributed by atoms with Crippen LogP contribution < -0.4 is 11.1 Å². The van der Waals surface area contributed by atoms with E-state index in [0.717, 1.165) is 22.1 Å². The van der Waals surface area contributed by atoms with Gasteiger partial charge in [-0.3, -0.25) is 19.0 Å². The molecule has 0 saturated heterocycles. The Morgan fingerprint density at radius 1 is 1.08 bits per heavy atom. The number of fused-ring (bicyclic) bond motifs is 1. The van der Waals surface area contributed by atoms with Crippen molar-refractivity contribution in [3.8, 4) is 11.1 Å². The SMILES string of the molecule is CCn1ncc(-c2cc(C(F)F)nc3sc(C(N)=O)c(NC(=O)Cn4nc(C(F)F)cc4C)c23)c1C. The normalized spacial score (nSPS) is 11.7. The van der Waals surface area contributed by atoms with Crippen LogP contribution in [0.25, 0.3) is 21.3 Å². The average Bonchev–Trinajstić information content (AvgIpc) is 3.48. The largest absolute Gasteiger partial charge is 0.365 e. The second-order valence-corrected chi connectivity index (χ2v) is 8.92. The second kappa shape index (κ2) is 9.68. The fourth-order valence-electron chi connectivity index (χ4n) is 3.88. The molecule has 0 spiro atoms. The van der Waals surface area contributed by atoms with Gasteiger partial charge in [-0.25, -0.2) is 22.5 Å². The number of carbonyl (C=O) groups is 2.